The van der Waals surface area contributed by atoms with Crippen molar-refractivity contribution >= 4 is 27.9 Å². The molecule has 0 saturated carbocycles. The molecule has 100 valence electrons. The summed E-state index contributed by atoms with van der Waals surface area (Å²) in [4.78, 5) is 14.5. The Kier molecular flexibility index (Phi) is 5.71. The molecule has 0 aliphatic carbocycles. The molecule has 0 fully saturated rings. The molecule has 0 saturated heterocycles. The van der Waals surface area contributed by atoms with Crippen LogP contribution in [0.25, 0.3) is 0 Å². The molecule has 0 radical (unpaired) electrons. The molecular formula is C13H21N3OS. The van der Waals surface area contributed by atoms with Crippen LogP contribution in [0.4, 0.5) is 10.7 Å². The van der Waals surface area contributed by atoms with Gasteiger partial charge in [0, 0.05) is 20.1 Å². The van der Waals surface area contributed by atoms with Crippen molar-refractivity contribution in [3.05, 3.63) is 23.6 Å². The lowest BCUT2D eigenvalue weighted by Crippen LogP contribution is -2.22. The van der Waals surface area contributed by atoms with Crippen LogP contribution >= 0.6 is 11.3 Å². The highest BCUT2D eigenvalue weighted by atomic mass is 32.1. The van der Waals surface area contributed by atoms with Crippen LogP contribution in [0.5, 0.6) is 0 Å². The Balaban J connectivity index is 2.74. The zero-order valence-electron chi connectivity index (χ0n) is 11.0. The first-order chi connectivity index (χ1) is 8.60. The van der Waals surface area contributed by atoms with Crippen LogP contribution < -0.4 is 16.0 Å². The predicted molar refractivity (Wildman–Crippen MR) is 79.4 cm³/mol. The van der Waals surface area contributed by atoms with Gasteiger partial charge in [0.05, 0.1) is 10.7 Å². The highest BCUT2D eigenvalue weighted by Crippen LogP contribution is 2.31. The van der Waals surface area contributed by atoms with E-state index in [2.05, 4.69) is 23.7 Å². The molecule has 1 rings (SSSR count). The highest BCUT2D eigenvalue weighted by molar-refractivity contribution is 7.18. The van der Waals surface area contributed by atoms with Gasteiger partial charge in [0.1, 0.15) is 4.88 Å². The van der Waals surface area contributed by atoms with Gasteiger partial charge >= 0.3 is 0 Å². The van der Waals surface area contributed by atoms with Crippen molar-refractivity contribution in [3.8, 4) is 0 Å². The fourth-order valence-electron chi connectivity index (χ4n) is 1.51. The van der Waals surface area contributed by atoms with Gasteiger partial charge in [0.15, 0.2) is 0 Å². The summed E-state index contributed by atoms with van der Waals surface area (Å²) in [5, 5.41) is 3.77. The minimum Gasteiger partial charge on any atom is -0.397 e. The predicted octanol–water partition coefficient (Wildman–Crippen LogP) is 2.48. The lowest BCUT2D eigenvalue weighted by molar-refractivity contribution is 0.0963. The molecule has 1 heterocycles. The Labute approximate surface area is 112 Å². The lowest BCUT2D eigenvalue weighted by atomic mass is 10.3. The van der Waals surface area contributed by atoms with Gasteiger partial charge in [-0.25, -0.2) is 0 Å². The van der Waals surface area contributed by atoms with Crippen LogP contribution in [0.1, 0.15) is 29.4 Å². The lowest BCUT2D eigenvalue weighted by Gasteiger charge is -2.15. The molecular weight excluding hydrogens is 246 g/mol. The Morgan fingerprint density at radius 1 is 1.67 bits per heavy atom. The number of carbonyl (C=O) groups excluding carboxylic acids is 1. The van der Waals surface area contributed by atoms with Crippen LogP contribution in [-0.4, -0.2) is 26.0 Å². The number of thiophene rings is 1. The molecule has 5 heteroatoms. The van der Waals surface area contributed by atoms with Crippen LogP contribution in [-0.2, 0) is 0 Å². The summed E-state index contributed by atoms with van der Waals surface area (Å²) < 4.78 is 0. The van der Waals surface area contributed by atoms with E-state index in [0.717, 1.165) is 24.4 Å². The van der Waals surface area contributed by atoms with Crippen molar-refractivity contribution in [1.82, 2.24) is 5.32 Å². The summed E-state index contributed by atoms with van der Waals surface area (Å²) in [6.07, 6.45) is 3.93. The molecule has 1 aromatic rings. The van der Waals surface area contributed by atoms with Crippen LogP contribution in [0, 0.1) is 0 Å². The minimum absolute atomic E-state index is 0.132. The van der Waals surface area contributed by atoms with Crippen molar-refractivity contribution in [2.75, 3.05) is 30.8 Å². The maximum atomic E-state index is 11.8. The van der Waals surface area contributed by atoms with Crippen molar-refractivity contribution in [1.29, 1.82) is 0 Å². The Morgan fingerprint density at radius 2 is 2.39 bits per heavy atom. The standard InChI is InChI=1S/C13H21N3OS/c1-4-6-8-16(3)11-9-10(14)12(18-11)13(17)15-7-5-2/h5,9H,2,4,6-8,14H2,1,3H3,(H,15,17). The van der Waals surface area contributed by atoms with Crippen LogP contribution in [0.15, 0.2) is 18.7 Å². The number of nitrogen functional groups attached to an aromatic ring is 1. The van der Waals surface area contributed by atoms with Gasteiger partial charge in [-0.05, 0) is 12.5 Å². The fraction of sp³-hybridized carbons (Fsp3) is 0.462. The number of amides is 1. The smallest absolute Gasteiger partial charge is 0.263 e. The van der Waals surface area contributed by atoms with Crippen molar-refractivity contribution < 1.29 is 4.79 Å². The summed E-state index contributed by atoms with van der Waals surface area (Å²) >= 11 is 1.43. The number of nitrogens with zero attached hydrogens (tertiary/aromatic N) is 1. The van der Waals surface area contributed by atoms with E-state index in [0.29, 0.717) is 17.1 Å². The molecule has 0 bridgehead atoms. The number of unbranched alkanes of at least 4 members (excludes halogenated alkanes) is 1. The van der Waals surface area contributed by atoms with E-state index in [9.17, 15) is 4.79 Å². The molecule has 0 aliphatic heterocycles. The number of nitrogens with two attached hydrogens (primary N) is 1. The number of carbonyl (C=O) groups is 1. The van der Waals surface area contributed by atoms with E-state index >= 15 is 0 Å². The van der Waals surface area contributed by atoms with Gasteiger partial charge in [-0.3, -0.25) is 4.79 Å². The molecule has 0 aromatic carbocycles. The second-order valence-electron chi connectivity index (χ2n) is 4.14. The van der Waals surface area contributed by atoms with Gasteiger partial charge in [0.25, 0.3) is 5.91 Å². The van der Waals surface area contributed by atoms with E-state index in [4.69, 9.17) is 5.73 Å². The van der Waals surface area contributed by atoms with E-state index in [1.807, 2.05) is 13.1 Å². The summed E-state index contributed by atoms with van der Waals surface area (Å²) in [5.74, 6) is -0.132. The number of anilines is 2. The first kappa shape index (κ1) is 14.6. The van der Waals surface area contributed by atoms with Crippen LogP contribution in [0.2, 0.25) is 0 Å². The number of nitrogens with one attached hydrogen (secondary N) is 1. The summed E-state index contributed by atoms with van der Waals surface area (Å²) in [5.41, 5.74) is 6.42. The topological polar surface area (TPSA) is 58.4 Å². The Hall–Kier alpha value is -1.49. The van der Waals surface area contributed by atoms with Gasteiger partial charge in [0.2, 0.25) is 0 Å². The van der Waals surface area contributed by atoms with Gasteiger partial charge < -0.3 is 16.0 Å². The summed E-state index contributed by atoms with van der Waals surface area (Å²) in [7, 11) is 2.02. The van der Waals surface area contributed by atoms with Crippen molar-refractivity contribution in [2.24, 2.45) is 0 Å². The van der Waals surface area contributed by atoms with E-state index in [1.165, 1.54) is 11.3 Å². The summed E-state index contributed by atoms with van der Waals surface area (Å²) in [6.45, 7) is 7.15. The fourth-order valence-corrected chi connectivity index (χ4v) is 2.49. The average molecular weight is 267 g/mol. The number of hydrogen-bond donors (Lipinski definition) is 2. The molecule has 4 nitrogen and oxygen atoms in total. The zero-order valence-corrected chi connectivity index (χ0v) is 11.8. The third-order valence-electron chi connectivity index (χ3n) is 2.58. The second-order valence-corrected chi connectivity index (χ2v) is 5.17. The van der Waals surface area contributed by atoms with E-state index < -0.39 is 0 Å². The van der Waals surface area contributed by atoms with Gasteiger partial charge in [-0.2, -0.15) is 0 Å². The number of rotatable bonds is 7. The molecule has 3 N–H and O–H groups in total. The molecule has 0 aliphatic rings. The third-order valence-corrected chi connectivity index (χ3v) is 3.85. The monoisotopic (exact) mass is 267 g/mol. The first-order valence-electron chi connectivity index (χ1n) is 6.09. The van der Waals surface area contributed by atoms with E-state index in [1.54, 1.807) is 6.08 Å². The molecule has 0 atom stereocenters. The van der Waals surface area contributed by atoms with Crippen LogP contribution in [0.3, 0.4) is 0 Å². The van der Waals surface area contributed by atoms with E-state index in [-0.39, 0.29) is 5.91 Å². The number of hydrogen-bond acceptors (Lipinski definition) is 4. The Bertz CT molecular complexity index is 414. The average Bonchev–Trinajstić information content (AvgIpc) is 2.75. The minimum atomic E-state index is -0.132. The summed E-state index contributed by atoms with van der Waals surface area (Å²) in [6, 6.07) is 1.86. The van der Waals surface area contributed by atoms with Crippen molar-refractivity contribution in [2.45, 2.75) is 19.8 Å². The Morgan fingerprint density at radius 3 is 3.00 bits per heavy atom. The maximum Gasteiger partial charge on any atom is 0.263 e. The molecule has 1 aromatic heterocycles. The van der Waals surface area contributed by atoms with Gasteiger partial charge in [-0.1, -0.05) is 19.4 Å². The quantitative estimate of drug-likeness (QED) is 0.746. The normalized spacial score (nSPS) is 10.1. The van der Waals surface area contributed by atoms with Crippen molar-refractivity contribution in [3.63, 3.8) is 0 Å². The molecule has 18 heavy (non-hydrogen) atoms. The zero-order chi connectivity index (χ0) is 13.5. The molecule has 0 spiro atoms. The molecule has 1 amide bonds. The third kappa shape index (κ3) is 3.77. The highest BCUT2D eigenvalue weighted by Gasteiger charge is 2.15. The largest absolute Gasteiger partial charge is 0.397 e. The maximum absolute atomic E-state index is 11.8. The second kappa shape index (κ2) is 7.06. The first-order valence-corrected chi connectivity index (χ1v) is 6.91. The SMILES string of the molecule is C=CCNC(=O)c1sc(N(C)CCCC)cc1N. The molecule has 0 unspecified atom stereocenters. The van der Waals surface area contributed by atoms with Gasteiger partial charge in [-0.15, -0.1) is 17.9 Å².